The van der Waals surface area contributed by atoms with Crippen LogP contribution in [0, 0.1) is 0 Å². The Labute approximate surface area is 144 Å². The van der Waals surface area contributed by atoms with Crippen LogP contribution in [-0.4, -0.2) is 61.3 Å². The fraction of sp³-hybridized carbons (Fsp3) is 0.529. The molecule has 6 atom stereocenters. The number of aliphatic hydroxyl groups excluding tert-OH is 1. The fourth-order valence-electron chi connectivity index (χ4n) is 3.01. The van der Waals surface area contributed by atoms with E-state index in [0.29, 0.717) is 0 Å². The van der Waals surface area contributed by atoms with Crippen molar-refractivity contribution in [2.45, 2.75) is 43.7 Å². The molecule has 8 heteroatoms. The normalized spacial score (nSPS) is 34.7. The zero-order valence-electron chi connectivity index (χ0n) is 13.9. The number of carbonyl (C=O) groups excluding carboxylic acids is 2. The lowest BCUT2D eigenvalue weighted by molar-refractivity contribution is -0.326. The molecule has 2 saturated heterocycles. The van der Waals surface area contributed by atoms with E-state index in [1.165, 1.54) is 14.0 Å². The van der Waals surface area contributed by atoms with Gasteiger partial charge in [-0.25, -0.2) is 4.79 Å². The average molecular weight is 352 g/mol. The zero-order valence-corrected chi connectivity index (χ0v) is 13.9. The number of hydrogen-bond donors (Lipinski definition) is 1. The van der Waals surface area contributed by atoms with Gasteiger partial charge in [0.2, 0.25) is 0 Å². The number of rotatable bonds is 3. The van der Waals surface area contributed by atoms with Crippen LogP contribution in [-0.2, 0) is 33.3 Å². The molecule has 0 bridgehead atoms. The SMILES string of the molecule is COC(=O)[C@@H]1O[C@@H]2CO[C@@H](c3ccccc3)O[C@@H]2[C@@H](O)[C@H]1OC(C)=O. The Balaban J connectivity index is 1.80. The summed E-state index contributed by atoms with van der Waals surface area (Å²) < 4.78 is 26.9. The number of aliphatic hydroxyl groups is 1. The Morgan fingerprint density at radius 2 is 1.92 bits per heavy atom. The predicted molar refractivity (Wildman–Crippen MR) is 82.2 cm³/mol. The molecule has 1 N–H and O–H groups in total. The molecule has 0 radical (unpaired) electrons. The van der Waals surface area contributed by atoms with Crippen molar-refractivity contribution < 1.29 is 38.4 Å². The van der Waals surface area contributed by atoms with E-state index in [1.807, 2.05) is 30.3 Å². The van der Waals surface area contributed by atoms with Gasteiger partial charge < -0.3 is 28.8 Å². The third kappa shape index (κ3) is 3.67. The molecule has 2 aliphatic heterocycles. The van der Waals surface area contributed by atoms with E-state index in [4.69, 9.17) is 18.9 Å². The molecule has 0 spiro atoms. The van der Waals surface area contributed by atoms with Crippen LogP contribution < -0.4 is 0 Å². The van der Waals surface area contributed by atoms with Gasteiger partial charge in [-0.3, -0.25) is 4.79 Å². The van der Waals surface area contributed by atoms with Gasteiger partial charge >= 0.3 is 11.9 Å². The lowest BCUT2D eigenvalue weighted by Crippen LogP contribution is -2.64. The third-order valence-electron chi connectivity index (χ3n) is 4.16. The smallest absolute Gasteiger partial charge is 0.339 e. The molecular weight excluding hydrogens is 332 g/mol. The van der Waals surface area contributed by atoms with Crippen molar-refractivity contribution in [3.05, 3.63) is 35.9 Å². The maximum atomic E-state index is 11.9. The Morgan fingerprint density at radius 1 is 1.20 bits per heavy atom. The summed E-state index contributed by atoms with van der Waals surface area (Å²) in [7, 11) is 1.19. The highest BCUT2D eigenvalue weighted by molar-refractivity contribution is 5.76. The van der Waals surface area contributed by atoms with Crippen LogP contribution in [0.3, 0.4) is 0 Å². The van der Waals surface area contributed by atoms with E-state index in [9.17, 15) is 14.7 Å². The topological polar surface area (TPSA) is 101 Å². The molecule has 3 rings (SSSR count). The first-order chi connectivity index (χ1) is 12.0. The first kappa shape index (κ1) is 17.8. The van der Waals surface area contributed by atoms with Crippen molar-refractivity contribution in [2.75, 3.05) is 13.7 Å². The number of methoxy groups -OCH3 is 1. The van der Waals surface area contributed by atoms with E-state index in [2.05, 4.69) is 4.74 Å². The Morgan fingerprint density at radius 3 is 2.56 bits per heavy atom. The van der Waals surface area contributed by atoms with E-state index < -0.39 is 48.7 Å². The van der Waals surface area contributed by atoms with E-state index in [0.717, 1.165) is 5.56 Å². The van der Waals surface area contributed by atoms with Crippen molar-refractivity contribution in [1.82, 2.24) is 0 Å². The summed E-state index contributed by atoms with van der Waals surface area (Å²) in [5.41, 5.74) is 0.785. The number of benzene rings is 1. The first-order valence-electron chi connectivity index (χ1n) is 7.92. The van der Waals surface area contributed by atoms with Crippen LogP contribution >= 0.6 is 0 Å². The zero-order chi connectivity index (χ0) is 18.0. The molecule has 1 aromatic rings. The number of ether oxygens (including phenoxy) is 5. The first-order valence-corrected chi connectivity index (χ1v) is 7.92. The molecule has 2 heterocycles. The molecular formula is C17H20O8. The molecule has 0 aliphatic carbocycles. The van der Waals surface area contributed by atoms with Crippen LogP contribution in [0.4, 0.5) is 0 Å². The quantitative estimate of drug-likeness (QED) is 0.777. The second-order valence-electron chi connectivity index (χ2n) is 5.86. The molecule has 2 aliphatic rings. The average Bonchev–Trinajstić information content (AvgIpc) is 2.63. The molecule has 8 nitrogen and oxygen atoms in total. The number of esters is 2. The number of hydrogen-bond acceptors (Lipinski definition) is 8. The van der Waals surface area contributed by atoms with Gasteiger partial charge in [-0.2, -0.15) is 0 Å². The number of carbonyl (C=O) groups is 2. The van der Waals surface area contributed by atoms with E-state index >= 15 is 0 Å². The maximum absolute atomic E-state index is 11.9. The van der Waals surface area contributed by atoms with Crippen molar-refractivity contribution in [1.29, 1.82) is 0 Å². The van der Waals surface area contributed by atoms with Gasteiger partial charge in [0.05, 0.1) is 13.7 Å². The summed E-state index contributed by atoms with van der Waals surface area (Å²) in [6, 6.07) is 9.23. The van der Waals surface area contributed by atoms with Gasteiger partial charge in [-0.05, 0) is 0 Å². The maximum Gasteiger partial charge on any atom is 0.339 e. The molecule has 136 valence electrons. The summed E-state index contributed by atoms with van der Waals surface area (Å²) in [4.78, 5) is 23.3. The molecule has 0 unspecified atom stereocenters. The Bertz CT molecular complexity index is 618. The van der Waals surface area contributed by atoms with Gasteiger partial charge in [-0.1, -0.05) is 30.3 Å². The predicted octanol–water partition coefficient (Wildman–Crippen LogP) is 0.334. The van der Waals surface area contributed by atoms with Crippen LogP contribution in [0.2, 0.25) is 0 Å². The summed E-state index contributed by atoms with van der Waals surface area (Å²) in [6.45, 7) is 1.30. The Kier molecular flexibility index (Phi) is 5.33. The molecule has 0 aromatic heterocycles. The molecule has 2 fully saturated rings. The van der Waals surface area contributed by atoms with Crippen LogP contribution in [0.15, 0.2) is 30.3 Å². The summed E-state index contributed by atoms with van der Waals surface area (Å²) >= 11 is 0. The highest BCUT2D eigenvalue weighted by Crippen LogP contribution is 2.35. The minimum atomic E-state index is -1.26. The summed E-state index contributed by atoms with van der Waals surface area (Å²) in [5.74, 6) is -1.39. The minimum Gasteiger partial charge on any atom is -0.467 e. The fourth-order valence-corrected chi connectivity index (χ4v) is 3.01. The number of fused-ring (bicyclic) bond motifs is 1. The second-order valence-corrected chi connectivity index (χ2v) is 5.86. The van der Waals surface area contributed by atoms with E-state index in [-0.39, 0.29) is 6.61 Å². The monoisotopic (exact) mass is 352 g/mol. The van der Waals surface area contributed by atoms with Gasteiger partial charge in [0.25, 0.3) is 0 Å². The molecule has 25 heavy (non-hydrogen) atoms. The van der Waals surface area contributed by atoms with E-state index in [1.54, 1.807) is 0 Å². The molecule has 1 aromatic carbocycles. The molecule has 0 amide bonds. The lowest BCUT2D eigenvalue weighted by Gasteiger charge is -2.46. The van der Waals surface area contributed by atoms with Gasteiger partial charge in [0.15, 0.2) is 18.5 Å². The highest BCUT2D eigenvalue weighted by Gasteiger charge is 2.53. The van der Waals surface area contributed by atoms with Crippen LogP contribution in [0.25, 0.3) is 0 Å². The van der Waals surface area contributed by atoms with Crippen molar-refractivity contribution in [3.8, 4) is 0 Å². The lowest BCUT2D eigenvalue weighted by atomic mass is 9.94. The van der Waals surface area contributed by atoms with Crippen LogP contribution in [0.5, 0.6) is 0 Å². The third-order valence-corrected chi connectivity index (χ3v) is 4.16. The highest BCUT2D eigenvalue weighted by atomic mass is 16.7. The second kappa shape index (κ2) is 7.49. The standard InChI is InChI=1S/C17H20O8/c1-9(18)23-14-12(19)13-11(24-15(14)16(20)21-2)8-22-17(25-13)10-6-4-3-5-7-10/h3-7,11-15,17,19H,8H2,1-2H3/t11-,12-,13+,14-,15-,17-/m1/s1. The largest absolute Gasteiger partial charge is 0.467 e. The Hall–Kier alpha value is -2.00. The van der Waals surface area contributed by atoms with Gasteiger partial charge in [0.1, 0.15) is 18.3 Å². The van der Waals surface area contributed by atoms with Crippen molar-refractivity contribution in [2.24, 2.45) is 0 Å². The minimum absolute atomic E-state index is 0.113. The van der Waals surface area contributed by atoms with Crippen molar-refractivity contribution >= 4 is 11.9 Å². The van der Waals surface area contributed by atoms with Crippen molar-refractivity contribution in [3.63, 3.8) is 0 Å². The van der Waals surface area contributed by atoms with Gasteiger partial charge in [0, 0.05) is 12.5 Å². The van der Waals surface area contributed by atoms with Gasteiger partial charge in [-0.15, -0.1) is 0 Å². The summed E-state index contributed by atoms with van der Waals surface area (Å²) in [6.07, 6.45) is -5.92. The van der Waals surface area contributed by atoms with Crippen LogP contribution in [0.1, 0.15) is 18.8 Å². The molecule has 0 saturated carbocycles. The summed E-state index contributed by atoms with van der Waals surface area (Å²) in [5, 5.41) is 10.6.